The lowest BCUT2D eigenvalue weighted by Crippen LogP contribution is -2.77. The molecule has 1 saturated heterocycles. The van der Waals surface area contributed by atoms with Crippen molar-refractivity contribution in [1.82, 2.24) is 0 Å². The standard InChI is InChI=1S/C20H30O5/c1-17-5-3-6-19(10-25-16(17)23)12(17)9-14(21)20-7-4-11(8-13(19)20)18(2,24)15(20)22/h11-15,21-22,24H,3-10H2,1-2H3/t11-,12+,13-,14+,15-,17+,18+,19+,20+/m0/s1. The van der Waals surface area contributed by atoms with Gasteiger partial charge in [0.15, 0.2) is 0 Å². The number of aliphatic hydroxyl groups is 3. The molecule has 0 amide bonds. The fourth-order valence-electron chi connectivity index (χ4n) is 8.20. The summed E-state index contributed by atoms with van der Waals surface area (Å²) in [6.07, 6.45) is 4.24. The van der Waals surface area contributed by atoms with Crippen LogP contribution < -0.4 is 0 Å². The molecule has 0 radical (unpaired) electrons. The van der Waals surface area contributed by atoms with Crippen LogP contribution in [0.3, 0.4) is 0 Å². The van der Waals surface area contributed by atoms with Crippen molar-refractivity contribution >= 4 is 5.97 Å². The van der Waals surface area contributed by atoms with E-state index in [1.807, 2.05) is 6.92 Å². The molecule has 0 aromatic rings. The van der Waals surface area contributed by atoms with Gasteiger partial charge in [-0.1, -0.05) is 6.42 Å². The number of hydrogen-bond acceptors (Lipinski definition) is 5. The molecule has 1 spiro atoms. The largest absolute Gasteiger partial charge is 0.465 e. The smallest absolute Gasteiger partial charge is 0.312 e. The number of esters is 1. The van der Waals surface area contributed by atoms with Crippen LogP contribution in [-0.4, -0.2) is 45.7 Å². The number of aliphatic hydroxyl groups excluding tert-OH is 2. The van der Waals surface area contributed by atoms with E-state index >= 15 is 0 Å². The Labute approximate surface area is 148 Å². The Bertz CT molecular complexity index is 632. The molecule has 5 aliphatic carbocycles. The van der Waals surface area contributed by atoms with Gasteiger partial charge < -0.3 is 20.1 Å². The van der Waals surface area contributed by atoms with E-state index in [-0.39, 0.29) is 29.1 Å². The summed E-state index contributed by atoms with van der Waals surface area (Å²) in [6.45, 7) is 4.18. The van der Waals surface area contributed by atoms with E-state index < -0.39 is 28.6 Å². The molecular weight excluding hydrogens is 320 g/mol. The molecule has 1 heterocycles. The van der Waals surface area contributed by atoms with Crippen LogP contribution in [0, 0.1) is 34.0 Å². The molecule has 4 bridgehead atoms. The van der Waals surface area contributed by atoms with Gasteiger partial charge in [-0.05, 0) is 70.1 Å². The van der Waals surface area contributed by atoms with Crippen molar-refractivity contribution in [1.29, 1.82) is 0 Å². The van der Waals surface area contributed by atoms with Crippen molar-refractivity contribution in [2.45, 2.75) is 76.6 Å². The lowest BCUT2D eigenvalue weighted by molar-refractivity contribution is -0.331. The third-order valence-electron chi connectivity index (χ3n) is 9.50. The first kappa shape index (κ1) is 16.5. The summed E-state index contributed by atoms with van der Waals surface area (Å²) >= 11 is 0. The summed E-state index contributed by atoms with van der Waals surface area (Å²) < 4.78 is 5.72. The molecule has 5 heteroatoms. The van der Waals surface area contributed by atoms with Gasteiger partial charge in [-0.3, -0.25) is 4.79 Å². The van der Waals surface area contributed by atoms with E-state index in [1.54, 1.807) is 6.92 Å². The van der Waals surface area contributed by atoms with Crippen LogP contribution in [0.15, 0.2) is 0 Å². The van der Waals surface area contributed by atoms with E-state index in [4.69, 9.17) is 4.74 Å². The SMILES string of the molecule is C[C@@]1(O)[C@H]2CC[C@@]3([C@H](O)C[C@H]4[C@]5(CCC[C@@]4(C)C(=O)OC5)[C@@H]3C2)[C@H]1O. The highest BCUT2D eigenvalue weighted by Gasteiger charge is 2.76. The quantitative estimate of drug-likeness (QED) is 0.578. The average molecular weight is 350 g/mol. The zero-order valence-corrected chi connectivity index (χ0v) is 15.2. The molecule has 0 aromatic carbocycles. The third-order valence-corrected chi connectivity index (χ3v) is 9.50. The predicted octanol–water partition coefficient (Wildman–Crippen LogP) is 1.63. The molecule has 5 nitrogen and oxygen atoms in total. The normalized spacial score (nSPS) is 62.8. The Balaban J connectivity index is 1.67. The second-order valence-electron chi connectivity index (χ2n) is 10.1. The Kier molecular flexibility index (Phi) is 3.04. The average Bonchev–Trinajstić information content (AvgIpc) is 2.57. The van der Waals surface area contributed by atoms with Gasteiger partial charge in [-0.25, -0.2) is 0 Å². The number of cyclic esters (lactones) is 1. The van der Waals surface area contributed by atoms with Crippen molar-refractivity contribution in [2.75, 3.05) is 6.61 Å². The molecule has 1 aliphatic heterocycles. The Morgan fingerprint density at radius 2 is 1.84 bits per heavy atom. The minimum atomic E-state index is -1.14. The molecule has 0 unspecified atom stereocenters. The molecule has 140 valence electrons. The first-order valence-electron chi connectivity index (χ1n) is 9.95. The van der Waals surface area contributed by atoms with Crippen molar-refractivity contribution in [2.24, 2.45) is 34.0 Å². The zero-order valence-electron chi connectivity index (χ0n) is 15.2. The predicted molar refractivity (Wildman–Crippen MR) is 89.4 cm³/mol. The van der Waals surface area contributed by atoms with Gasteiger partial charge in [0.25, 0.3) is 0 Å². The summed E-state index contributed by atoms with van der Waals surface area (Å²) in [5.74, 6) is 0.192. The second-order valence-corrected chi connectivity index (χ2v) is 10.1. The molecule has 5 saturated carbocycles. The molecule has 9 atom stereocenters. The summed E-state index contributed by atoms with van der Waals surface area (Å²) in [4.78, 5) is 12.6. The number of carbonyl (C=O) groups excluding carboxylic acids is 1. The summed E-state index contributed by atoms with van der Waals surface area (Å²) in [5, 5.41) is 33.4. The van der Waals surface area contributed by atoms with E-state index in [0.29, 0.717) is 13.0 Å². The second kappa shape index (κ2) is 4.60. The van der Waals surface area contributed by atoms with Gasteiger partial charge >= 0.3 is 5.97 Å². The Hall–Kier alpha value is -0.650. The Morgan fingerprint density at radius 3 is 2.60 bits per heavy atom. The molecule has 3 N–H and O–H groups in total. The molecule has 0 aromatic heterocycles. The summed E-state index contributed by atoms with van der Waals surface area (Å²) in [7, 11) is 0. The van der Waals surface area contributed by atoms with E-state index in [9.17, 15) is 20.1 Å². The minimum Gasteiger partial charge on any atom is -0.465 e. The number of fused-ring (bicyclic) bond motifs is 2. The van der Waals surface area contributed by atoms with Gasteiger partial charge in [0.05, 0.1) is 29.8 Å². The van der Waals surface area contributed by atoms with Crippen molar-refractivity contribution in [3.8, 4) is 0 Å². The van der Waals surface area contributed by atoms with Gasteiger partial charge in [0.2, 0.25) is 0 Å². The topological polar surface area (TPSA) is 87.0 Å². The molecule has 6 fully saturated rings. The Morgan fingerprint density at radius 1 is 1.08 bits per heavy atom. The summed E-state index contributed by atoms with van der Waals surface area (Å²) in [6, 6.07) is 0. The third kappa shape index (κ3) is 1.61. The van der Waals surface area contributed by atoms with Gasteiger partial charge in [-0.15, -0.1) is 0 Å². The van der Waals surface area contributed by atoms with Crippen LogP contribution in [0.4, 0.5) is 0 Å². The van der Waals surface area contributed by atoms with Crippen molar-refractivity contribution < 1.29 is 24.9 Å². The highest BCUT2D eigenvalue weighted by Crippen LogP contribution is 2.73. The van der Waals surface area contributed by atoms with Gasteiger partial charge in [0.1, 0.15) is 0 Å². The molecule has 25 heavy (non-hydrogen) atoms. The first-order chi connectivity index (χ1) is 11.7. The number of hydrogen-bond donors (Lipinski definition) is 3. The van der Waals surface area contributed by atoms with Crippen molar-refractivity contribution in [3.63, 3.8) is 0 Å². The van der Waals surface area contributed by atoms with E-state index in [1.165, 1.54) is 0 Å². The highest BCUT2D eigenvalue weighted by atomic mass is 16.5. The lowest BCUT2D eigenvalue weighted by atomic mass is 9.33. The van der Waals surface area contributed by atoms with Crippen LogP contribution in [-0.2, 0) is 9.53 Å². The van der Waals surface area contributed by atoms with Crippen LogP contribution in [0.5, 0.6) is 0 Å². The fraction of sp³-hybridized carbons (Fsp3) is 0.950. The maximum atomic E-state index is 12.6. The fourth-order valence-corrected chi connectivity index (χ4v) is 8.20. The van der Waals surface area contributed by atoms with E-state index in [0.717, 1.165) is 38.5 Å². The molecular formula is C20H30O5. The van der Waals surface area contributed by atoms with Crippen molar-refractivity contribution in [3.05, 3.63) is 0 Å². The van der Waals surface area contributed by atoms with E-state index in [2.05, 4.69) is 0 Å². The number of ether oxygens (including phenoxy) is 1. The van der Waals surface area contributed by atoms with Gasteiger partial charge in [-0.2, -0.15) is 0 Å². The maximum Gasteiger partial charge on any atom is 0.312 e. The maximum absolute atomic E-state index is 12.6. The molecule has 6 aliphatic rings. The monoisotopic (exact) mass is 350 g/mol. The minimum absolute atomic E-state index is 0.0560. The number of rotatable bonds is 0. The van der Waals surface area contributed by atoms with Crippen LogP contribution >= 0.6 is 0 Å². The zero-order chi connectivity index (χ0) is 17.8. The van der Waals surface area contributed by atoms with Crippen LogP contribution in [0.25, 0.3) is 0 Å². The lowest BCUT2D eigenvalue weighted by Gasteiger charge is -2.73. The first-order valence-corrected chi connectivity index (χ1v) is 9.95. The van der Waals surface area contributed by atoms with Gasteiger partial charge in [0, 0.05) is 10.8 Å². The van der Waals surface area contributed by atoms with Crippen LogP contribution in [0.1, 0.15) is 58.8 Å². The number of carbonyl (C=O) groups is 1. The van der Waals surface area contributed by atoms with Crippen LogP contribution in [0.2, 0.25) is 0 Å². The molecule has 6 rings (SSSR count). The highest BCUT2D eigenvalue weighted by molar-refractivity contribution is 5.78. The summed E-state index contributed by atoms with van der Waals surface area (Å²) in [5.41, 5.74) is -2.45.